The molecule has 0 unspecified atom stereocenters. The van der Waals surface area contributed by atoms with E-state index in [1.54, 1.807) is 0 Å². The lowest BCUT2D eigenvalue weighted by molar-refractivity contribution is 0.110. The molecule has 1 N–H and O–H groups in total. The van der Waals surface area contributed by atoms with Crippen molar-refractivity contribution in [3.8, 4) is 0 Å². The van der Waals surface area contributed by atoms with Crippen LogP contribution in [-0.4, -0.2) is 34.5 Å². The minimum absolute atomic E-state index is 0.0688. The lowest BCUT2D eigenvalue weighted by Crippen LogP contribution is -2.47. The highest BCUT2D eigenvalue weighted by atomic mass is 19.3. The molecule has 1 saturated heterocycles. The number of piperidine rings is 1. The third kappa shape index (κ3) is 3.71. The summed E-state index contributed by atoms with van der Waals surface area (Å²) in [4.78, 5) is 9.36. The van der Waals surface area contributed by atoms with Crippen molar-refractivity contribution in [2.75, 3.05) is 19.6 Å². The molecule has 1 aliphatic heterocycles. The number of fused-ring (bicyclic) bond motifs is 1. The zero-order valence-electron chi connectivity index (χ0n) is 15.5. The number of alkyl halides is 2. The molecule has 0 aliphatic carbocycles. The molecule has 2 heterocycles. The molecule has 1 fully saturated rings. The number of nitrogens with zero attached hydrogens (tertiary/aromatic N) is 2. The highest BCUT2D eigenvalue weighted by molar-refractivity contribution is 5.76. The lowest BCUT2D eigenvalue weighted by atomic mass is 9.68. The number of imidazole rings is 1. The maximum atomic E-state index is 12.9. The van der Waals surface area contributed by atoms with Crippen molar-refractivity contribution >= 4 is 11.0 Å². The summed E-state index contributed by atoms with van der Waals surface area (Å²) >= 11 is 0. The molecule has 0 radical (unpaired) electrons. The van der Waals surface area contributed by atoms with E-state index < -0.39 is 6.43 Å². The molecule has 1 aromatic carbocycles. The first kappa shape index (κ1) is 18.3. The Hall–Kier alpha value is -1.49. The largest absolute Gasteiger partial charge is 0.337 e. The molecular weight excluding hydrogens is 320 g/mol. The molecule has 1 aromatic heterocycles. The third-order valence-electron chi connectivity index (χ3n) is 6.01. The first-order valence-electron chi connectivity index (χ1n) is 9.44. The number of aromatic nitrogens is 2. The second kappa shape index (κ2) is 7.40. The number of unbranched alkanes of at least 4 members (excludes halogenated alkanes) is 2. The Kier molecular flexibility index (Phi) is 5.42. The van der Waals surface area contributed by atoms with E-state index in [2.05, 4.69) is 41.7 Å². The van der Waals surface area contributed by atoms with Crippen LogP contribution in [0.5, 0.6) is 0 Å². The van der Waals surface area contributed by atoms with Gasteiger partial charge in [-0.1, -0.05) is 39.7 Å². The molecule has 0 bridgehead atoms. The molecule has 1 aliphatic rings. The summed E-state index contributed by atoms with van der Waals surface area (Å²) in [7, 11) is 0. The van der Waals surface area contributed by atoms with Gasteiger partial charge in [-0.25, -0.2) is 13.8 Å². The fourth-order valence-electron chi connectivity index (χ4n) is 4.02. The van der Waals surface area contributed by atoms with Crippen LogP contribution in [0.3, 0.4) is 0 Å². The summed E-state index contributed by atoms with van der Waals surface area (Å²) in [5, 5.41) is 0. The van der Waals surface area contributed by atoms with Crippen LogP contribution in [0.4, 0.5) is 8.78 Å². The molecule has 0 amide bonds. The quantitative estimate of drug-likeness (QED) is 0.719. The average molecular weight is 349 g/mol. The maximum absolute atomic E-state index is 12.9. The Morgan fingerprint density at radius 3 is 2.84 bits per heavy atom. The van der Waals surface area contributed by atoms with Gasteiger partial charge < -0.3 is 9.88 Å². The van der Waals surface area contributed by atoms with E-state index in [-0.39, 0.29) is 11.2 Å². The molecule has 2 atom stereocenters. The first-order chi connectivity index (χ1) is 11.9. The number of nitrogens with one attached hydrogen (secondary N) is 1. The van der Waals surface area contributed by atoms with Gasteiger partial charge >= 0.3 is 0 Å². The fourth-order valence-corrected chi connectivity index (χ4v) is 4.02. The van der Waals surface area contributed by atoms with Gasteiger partial charge in [0, 0.05) is 6.54 Å². The summed E-state index contributed by atoms with van der Waals surface area (Å²) in [6.07, 6.45) is 2.36. The Balaban J connectivity index is 1.77. The van der Waals surface area contributed by atoms with Gasteiger partial charge in [0.15, 0.2) is 5.82 Å². The van der Waals surface area contributed by atoms with E-state index in [4.69, 9.17) is 0 Å². The van der Waals surface area contributed by atoms with Crippen molar-refractivity contribution in [1.29, 1.82) is 0 Å². The lowest BCUT2D eigenvalue weighted by Gasteiger charge is -2.45. The van der Waals surface area contributed by atoms with Crippen LogP contribution < -0.4 is 0 Å². The number of aromatic amines is 1. The summed E-state index contributed by atoms with van der Waals surface area (Å²) < 4.78 is 25.7. The molecule has 2 aromatic rings. The van der Waals surface area contributed by atoms with E-state index in [0.29, 0.717) is 17.0 Å². The summed E-state index contributed by atoms with van der Waals surface area (Å²) in [5.74, 6) is 0.282. The van der Waals surface area contributed by atoms with Gasteiger partial charge in [0.25, 0.3) is 6.43 Å². The monoisotopic (exact) mass is 349 g/mol. The van der Waals surface area contributed by atoms with Crippen molar-refractivity contribution < 1.29 is 8.78 Å². The highest BCUT2D eigenvalue weighted by Crippen LogP contribution is 2.40. The fraction of sp³-hybridized carbons (Fsp3) is 0.650. The van der Waals surface area contributed by atoms with E-state index in [0.717, 1.165) is 19.5 Å². The van der Waals surface area contributed by atoms with Gasteiger partial charge in [-0.2, -0.15) is 0 Å². The molecule has 138 valence electrons. The van der Waals surface area contributed by atoms with Gasteiger partial charge in [-0.3, -0.25) is 0 Å². The van der Waals surface area contributed by atoms with Crippen LogP contribution >= 0.6 is 0 Å². The minimum Gasteiger partial charge on any atom is -0.337 e. The Morgan fingerprint density at radius 2 is 2.16 bits per heavy atom. The van der Waals surface area contributed by atoms with Gasteiger partial charge in [0.05, 0.1) is 11.0 Å². The Morgan fingerprint density at radius 1 is 1.36 bits per heavy atom. The topological polar surface area (TPSA) is 31.9 Å². The molecule has 0 saturated carbocycles. The molecule has 5 heteroatoms. The number of hydrogen-bond acceptors (Lipinski definition) is 2. The number of rotatable bonds is 6. The Labute approximate surface area is 148 Å². The number of H-pyrrole nitrogens is 1. The van der Waals surface area contributed by atoms with Crippen molar-refractivity contribution in [2.45, 2.75) is 58.3 Å². The van der Waals surface area contributed by atoms with Crippen LogP contribution in [0, 0.1) is 5.92 Å². The number of halogens is 2. The molecule has 3 nitrogen and oxygen atoms in total. The van der Waals surface area contributed by atoms with Gasteiger partial charge in [0.1, 0.15) is 0 Å². The van der Waals surface area contributed by atoms with Gasteiger partial charge in [-0.15, -0.1) is 0 Å². The number of hydrogen-bond donors (Lipinski definition) is 1. The van der Waals surface area contributed by atoms with Gasteiger partial charge in [-0.05, 0) is 55.0 Å². The minimum atomic E-state index is -2.56. The summed E-state index contributed by atoms with van der Waals surface area (Å²) in [6, 6.07) is 5.98. The summed E-state index contributed by atoms with van der Waals surface area (Å²) in [5.41, 5.74) is 2.62. The molecule has 0 spiro atoms. The van der Waals surface area contributed by atoms with E-state index >= 15 is 0 Å². The van der Waals surface area contributed by atoms with Crippen LogP contribution in [0.2, 0.25) is 0 Å². The van der Waals surface area contributed by atoms with Gasteiger partial charge in [0.2, 0.25) is 0 Å². The van der Waals surface area contributed by atoms with E-state index in [1.165, 1.54) is 31.4 Å². The second-order valence-corrected chi connectivity index (χ2v) is 7.73. The van der Waals surface area contributed by atoms with Crippen LogP contribution in [0.25, 0.3) is 11.0 Å². The average Bonchev–Trinajstić information content (AvgIpc) is 3.02. The van der Waals surface area contributed by atoms with Crippen molar-refractivity contribution in [3.63, 3.8) is 0 Å². The standard InChI is InChI=1S/C20H29F2N3/c1-4-5-6-10-25-11-9-20(3,14(2)13-25)15-7-8-16-17(12-15)24-19(23-16)18(21)22/h7-8,12,14,18H,4-6,9-11,13H2,1-3H3,(H,23,24)/t14-,20-/m0/s1. The molecule has 3 rings (SSSR count). The smallest absolute Gasteiger partial charge is 0.295 e. The predicted molar refractivity (Wildman–Crippen MR) is 98.1 cm³/mol. The summed E-state index contributed by atoms with van der Waals surface area (Å²) in [6.45, 7) is 10.2. The van der Waals surface area contributed by atoms with E-state index in [9.17, 15) is 8.78 Å². The zero-order chi connectivity index (χ0) is 18.0. The normalized spacial score (nSPS) is 25.1. The maximum Gasteiger partial charge on any atom is 0.295 e. The second-order valence-electron chi connectivity index (χ2n) is 7.73. The van der Waals surface area contributed by atoms with Crippen molar-refractivity contribution in [3.05, 3.63) is 29.6 Å². The van der Waals surface area contributed by atoms with Crippen LogP contribution in [0.1, 0.15) is 64.3 Å². The Bertz CT molecular complexity index is 712. The molecule has 25 heavy (non-hydrogen) atoms. The zero-order valence-corrected chi connectivity index (χ0v) is 15.5. The highest BCUT2D eigenvalue weighted by Gasteiger charge is 2.38. The SMILES string of the molecule is CCCCCN1CC[C@](C)(c2ccc3[nH]c(C(F)F)nc3c2)[C@@H](C)C1. The number of benzene rings is 1. The first-order valence-corrected chi connectivity index (χ1v) is 9.44. The van der Waals surface area contributed by atoms with Crippen LogP contribution in [0.15, 0.2) is 18.2 Å². The predicted octanol–water partition coefficient (Wildman–Crippen LogP) is 5.29. The molecular formula is C20H29F2N3. The van der Waals surface area contributed by atoms with E-state index in [1.807, 2.05) is 12.1 Å². The number of likely N-dealkylation sites (tertiary alicyclic amines) is 1. The van der Waals surface area contributed by atoms with Crippen molar-refractivity contribution in [1.82, 2.24) is 14.9 Å². The van der Waals surface area contributed by atoms with Crippen molar-refractivity contribution in [2.24, 2.45) is 5.92 Å². The van der Waals surface area contributed by atoms with Crippen LogP contribution in [-0.2, 0) is 5.41 Å². The third-order valence-corrected chi connectivity index (χ3v) is 6.01.